The van der Waals surface area contributed by atoms with E-state index < -0.39 is 0 Å². The number of halogens is 1. The standard InChI is InChI=1S/C12H13ClN6/c1-18-7-15-11(17-18)4-5-19-10-3-2-8(13)6-9(10)16-12(19)14/h2-3,6-7H,4-5H2,1H3,(H2,14,16). The summed E-state index contributed by atoms with van der Waals surface area (Å²) in [6, 6.07) is 5.57. The molecule has 0 aliphatic carbocycles. The fraction of sp³-hybridized carbons (Fsp3) is 0.250. The number of hydrogen-bond acceptors (Lipinski definition) is 4. The van der Waals surface area contributed by atoms with Crippen LogP contribution in [0.1, 0.15) is 5.82 Å². The molecule has 2 N–H and O–H groups in total. The Morgan fingerprint density at radius 2 is 2.21 bits per heavy atom. The molecule has 0 bridgehead atoms. The number of rotatable bonds is 3. The number of imidazole rings is 1. The van der Waals surface area contributed by atoms with Gasteiger partial charge in [0.05, 0.1) is 11.0 Å². The fourth-order valence-electron chi connectivity index (χ4n) is 2.07. The maximum Gasteiger partial charge on any atom is 0.201 e. The van der Waals surface area contributed by atoms with Crippen molar-refractivity contribution in [2.75, 3.05) is 5.73 Å². The highest BCUT2D eigenvalue weighted by Gasteiger charge is 2.09. The van der Waals surface area contributed by atoms with Gasteiger partial charge >= 0.3 is 0 Å². The number of benzene rings is 1. The summed E-state index contributed by atoms with van der Waals surface area (Å²) in [7, 11) is 1.85. The van der Waals surface area contributed by atoms with Gasteiger partial charge in [-0.1, -0.05) is 11.6 Å². The van der Waals surface area contributed by atoms with Gasteiger partial charge in [0.25, 0.3) is 0 Å². The van der Waals surface area contributed by atoms with E-state index in [4.69, 9.17) is 17.3 Å². The number of nitrogens with two attached hydrogens (primary N) is 1. The van der Waals surface area contributed by atoms with E-state index in [1.807, 2.05) is 29.8 Å². The number of nitrogens with zero attached hydrogens (tertiary/aromatic N) is 5. The summed E-state index contributed by atoms with van der Waals surface area (Å²) in [5.74, 6) is 1.27. The third-order valence-electron chi connectivity index (χ3n) is 2.95. The normalized spacial score (nSPS) is 11.3. The highest BCUT2D eigenvalue weighted by atomic mass is 35.5. The zero-order chi connectivity index (χ0) is 13.4. The van der Waals surface area contributed by atoms with Crippen LogP contribution < -0.4 is 5.73 Å². The van der Waals surface area contributed by atoms with Crippen molar-refractivity contribution < 1.29 is 0 Å². The predicted octanol–water partition coefficient (Wildman–Crippen LogP) is 1.64. The molecular weight excluding hydrogens is 264 g/mol. The van der Waals surface area contributed by atoms with Crippen LogP contribution in [0.2, 0.25) is 5.02 Å². The summed E-state index contributed by atoms with van der Waals surface area (Å²) in [5.41, 5.74) is 7.71. The van der Waals surface area contributed by atoms with Gasteiger partial charge in [-0.3, -0.25) is 4.68 Å². The first kappa shape index (κ1) is 12.0. The average molecular weight is 277 g/mol. The maximum atomic E-state index is 5.94. The van der Waals surface area contributed by atoms with Crippen molar-refractivity contribution in [3.05, 3.63) is 35.4 Å². The van der Waals surface area contributed by atoms with Gasteiger partial charge < -0.3 is 10.3 Å². The van der Waals surface area contributed by atoms with Gasteiger partial charge in [0.15, 0.2) is 5.82 Å². The van der Waals surface area contributed by atoms with Crippen LogP contribution in [0, 0.1) is 0 Å². The lowest BCUT2D eigenvalue weighted by atomic mass is 10.3. The zero-order valence-corrected chi connectivity index (χ0v) is 11.2. The molecule has 2 heterocycles. The van der Waals surface area contributed by atoms with E-state index in [2.05, 4.69) is 15.1 Å². The van der Waals surface area contributed by atoms with E-state index in [0.717, 1.165) is 16.9 Å². The summed E-state index contributed by atoms with van der Waals surface area (Å²) < 4.78 is 3.63. The SMILES string of the molecule is Cn1cnc(CCn2c(N)nc3cc(Cl)ccc32)n1. The third kappa shape index (κ3) is 2.26. The third-order valence-corrected chi connectivity index (χ3v) is 3.18. The van der Waals surface area contributed by atoms with Crippen LogP contribution >= 0.6 is 11.6 Å². The van der Waals surface area contributed by atoms with E-state index in [1.165, 1.54) is 0 Å². The van der Waals surface area contributed by atoms with Crippen molar-refractivity contribution in [2.24, 2.45) is 7.05 Å². The molecule has 3 aromatic rings. The Kier molecular flexibility index (Phi) is 2.87. The van der Waals surface area contributed by atoms with Crippen LogP contribution in [0.5, 0.6) is 0 Å². The molecule has 98 valence electrons. The van der Waals surface area contributed by atoms with Gasteiger partial charge in [-0.05, 0) is 18.2 Å². The van der Waals surface area contributed by atoms with E-state index in [9.17, 15) is 0 Å². The number of hydrogen-bond donors (Lipinski definition) is 1. The molecule has 1 aromatic carbocycles. The Bertz CT molecular complexity index is 729. The van der Waals surface area contributed by atoms with Crippen LogP contribution in [0.15, 0.2) is 24.5 Å². The number of anilines is 1. The number of aromatic nitrogens is 5. The second-order valence-corrected chi connectivity index (χ2v) is 4.78. The number of aryl methyl sites for hydroxylation is 3. The Balaban J connectivity index is 1.90. The van der Waals surface area contributed by atoms with E-state index >= 15 is 0 Å². The molecule has 0 atom stereocenters. The summed E-state index contributed by atoms with van der Waals surface area (Å²) in [6.07, 6.45) is 2.39. The molecule has 0 aliphatic rings. The summed E-state index contributed by atoms with van der Waals surface area (Å²) in [6.45, 7) is 0.688. The van der Waals surface area contributed by atoms with Crippen molar-refractivity contribution >= 4 is 28.6 Å². The molecular formula is C12H13ClN6. The van der Waals surface area contributed by atoms with Crippen molar-refractivity contribution in [1.29, 1.82) is 0 Å². The monoisotopic (exact) mass is 276 g/mol. The number of fused-ring (bicyclic) bond motifs is 1. The van der Waals surface area contributed by atoms with E-state index in [-0.39, 0.29) is 0 Å². The first-order valence-corrected chi connectivity index (χ1v) is 6.27. The molecule has 0 unspecified atom stereocenters. The van der Waals surface area contributed by atoms with Crippen LogP contribution in [0.4, 0.5) is 5.95 Å². The zero-order valence-electron chi connectivity index (χ0n) is 10.4. The predicted molar refractivity (Wildman–Crippen MR) is 73.9 cm³/mol. The van der Waals surface area contributed by atoms with Crippen molar-refractivity contribution in [3.8, 4) is 0 Å². The molecule has 0 radical (unpaired) electrons. The van der Waals surface area contributed by atoms with E-state index in [0.29, 0.717) is 23.9 Å². The molecule has 0 aliphatic heterocycles. The highest BCUT2D eigenvalue weighted by Crippen LogP contribution is 2.21. The van der Waals surface area contributed by atoms with Crippen molar-refractivity contribution in [1.82, 2.24) is 24.3 Å². The van der Waals surface area contributed by atoms with Crippen LogP contribution in [-0.2, 0) is 20.0 Å². The molecule has 6 nitrogen and oxygen atoms in total. The molecule has 0 saturated heterocycles. The highest BCUT2D eigenvalue weighted by molar-refractivity contribution is 6.31. The van der Waals surface area contributed by atoms with Gasteiger partial charge in [0.2, 0.25) is 5.95 Å². The van der Waals surface area contributed by atoms with Crippen LogP contribution in [0.25, 0.3) is 11.0 Å². The smallest absolute Gasteiger partial charge is 0.201 e. The fourth-order valence-corrected chi connectivity index (χ4v) is 2.23. The molecule has 19 heavy (non-hydrogen) atoms. The van der Waals surface area contributed by atoms with Gasteiger partial charge in [-0.15, -0.1) is 0 Å². The maximum absolute atomic E-state index is 5.94. The molecule has 0 amide bonds. The first-order chi connectivity index (χ1) is 9.13. The lowest BCUT2D eigenvalue weighted by molar-refractivity contribution is 0.677. The Morgan fingerprint density at radius 3 is 2.95 bits per heavy atom. The minimum Gasteiger partial charge on any atom is -0.369 e. The largest absolute Gasteiger partial charge is 0.369 e. The quantitative estimate of drug-likeness (QED) is 0.789. The summed E-state index contributed by atoms with van der Waals surface area (Å²) in [4.78, 5) is 8.50. The van der Waals surface area contributed by atoms with Crippen LogP contribution in [-0.4, -0.2) is 24.3 Å². The lowest BCUT2D eigenvalue weighted by Crippen LogP contribution is -2.06. The van der Waals surface area contributed by atoms with Gasteiger partial charge in [0.1, 0.15) is 6.33 Å². The van der Waals surface area contributed by atoms with Crippen LogP contribution in [0.3, 0.4) is 0 Å². The van der Waals surface area contributed by atoms with Crippen molar-refractivity contribution in [2.45, 2.75) is 13.0 Å². The lowest BCUT2D eigenvalue weighted by Gasteiger charge is -2.04. The summed E-state index contributed by atoms with van der Waals surface area (Å²) >= 11 is 5.94. The van der Waals surface area contributed by atoms with Gasteiger partial charge in [-0.2, -0.15) is 5.10 Å². The molecule has 2 aromatic heterocycles. The topological polar surface area (TPSA) is 74.5 Å². The molecule has 7 heteroatoms. The first-order valence-electron chi connectivity index (χ1n) is 5.89. The van der Waals surface area contributed by atoms with Gasteiger partial charge in [0, 0.05) is 25.0 Å². The van der Waals surface area contributed by atoms with E-state index in [1.54, 1.807) is 11.0 Å². The van der Waals surface area contributed by atoms with Crippen molar-refractivity contribution in [3.63, 3.8) is 0 Å². The average Bonchev–Trinajstić information content (AvgIpc) is 2.89. The summed E-state index contributed by atoms with van der Waals surface area (Å²) in [5, 5.41) is 4.90. The molecule has 3 rings (SSSR count). The molecule has 0 fully saturated rings. The Labute approximate surface area is 114 Å². The minimum absolute atomic E-state index is 0.480. The second kappa shape index (κ2) is 4.55. The minimum atomic E-state index is 0.480. The number of nitrogen functional groups attached to an aromatic ring is 1. The van der Waals surface area contributed by atoms with Gasteiger partial charge in [-0.25, -0.2) is 9.97 Å². The second-order valence-electron chi connectivity index (χ2n) is 4.34. The Morgan fingerprint density at radius 1 is 1.37 bits per heavy atom. The molecule has 0 spiro atoms. The molecule has 0 saturated carbocycles. The Hall–Kier alpha value is -2.08.